The average molecular weight is 430 g/mol. The van der Waals surface area contributed by atoms with Gasteiger partial charge in [0.05, 0.1) is 34.7 Å². The van der Waals surface area contributed by atoms with Crippen molar-refractivity contribution in [1.82, 2.24) is 19.7 Å². The van der Waals surface area contributed by atoms with Crippen molar-refractivity contribution in [2.24, 2.45) is 7.05 Å². The maximum absolute atomic E-state index is 13.4. The van der Waals surface area contributed by atoms with Gasteiger partial charge in [-0.1, -0.05) is 0 Å². The molecule has 0 bridgehead atoms. The van der Waals surface area contributed by atoms with E-state index in [1.165, 1.54) is 0 Å². The van der Waals surface area contributed by atoms with Gasteiger partial charge in [0.2, 0.25) is 0 Å². The molecule has 2 N–H and O–H groups in total. The van der Waals surface area contributed by atoms with E-state index < -0.39 is 23.6 Å². The molecule has 0 aliphatic carbocycles. The smallest absolute Gasteiger partial charge is 0.308 e. The zero-order valence-electron chi connectivity index (χ0n) is 15.9. The van der Waals surface area contributed by atoms with E-state index in [0.29, 0.717) is 34.5 Å². The fraction of sp³-hybridized carbons (Fsp3) is 0.100. The Labute approximate surface area is 172 Å². The number of halogens is 4. The number of nitrogens with zero attached hydrogens (tertiary/aromatic N) is 4. The number of fused-ring (bicyclic) bond motifs is 1. The standard InChI is InChI=1S/C20H14F4N6O/c1-30-10-11(8-26-30)18-9-25-16-5-3-13(7-17(16)29-18)28-19(31)27-12-2-4-15(21)14(6-12)20(22,23)24/h2-10H,1H3,(H2,27,28,31). The number of nitrogens with one attached hydrogen (secondary N) is 2. The predicted molar refractivity (Wildman–Crippen MR) is 106 cm³/mol. The minimum Gasteiger partial charge on any atom is -0.308 e. The Bertz CT molecular complexity index is 1280. The highest BCUT2D eigenvalue weighted by Gasteiger charge is 2.34. The van der Waals surface area contributed by atoms with Crippen LogP contribution in [0, 0.1) is 5.82 Å². The summed E-state index contributed by atoms with van der Waals surface area (Å²) in [6.45, 7) is 0. The molecule has 0 saturated heterocycles. The van der Waals surface area contributed by atoms with Crippen LogP contribution in [0.1, 0.15) is 5.56 Å². The van der Waals surface area contributed by atoms with Crippen LogP contribution in [0.25, 0.3) is 22.3 Å². The Balaban J connectivity index is 1.53. The first kappa shape index (κ1) is 20.3. The maximum Gasteiger partial charge on any atom is 0.419 e. The minimum atomic E-state index is -4.87. The first-order valence-corrected chi connectivity index (χ1v) is 8.89. The summed E-state index contributed by atoms with van der Waals surface area (Å²) >= 11 is 0. The predicted octanol–water partition coefficient (Wildman–Crippen LogP) is 4.83. The van der Waals surface area contributed by atoms with Gasteiger partial charge in [0.25, 0.3) is 0 Å². The molecule has 0 fully saturated rings. The molecule has 0 saturated carbocycles. The Kier molecular flexibility index (Phi) is 5.01. The van der Waals surface area contributed by atoms with Crippen LogP contribution >= 0.6 is 0 Å². The van der Waals surface area contributed by atoms with E-state index in [0.717, 1.165) is 11.6 Å². The number of anilines is 2. The molecular weight excluding hydrogens is 416 g/mol. The second kappa shape index (κ2) is 7.67. The van der Waals surface area contributed by atoms with Crippen molar-refractivity contribution in [1.29, 1.82) is 0 Å². The fourth-order valence-electron chi connectivity index (χ4n) is 2.90. The first-order valence-electron chi connectivity index (χ1n) is 8.89. The van der Waals surface area contributed by atoms with Crippen molar-refractivity contribution in [2.75, 3.05) is 10.6 Å². The quantitative estimate of drug-likeness (QED) is 0.456. The minimum absolute atomic E-state index is 0.203. The zero-order valence-corrected chi connectivity index (χ0v) is 15.9. The number of urea groups is 1. The molecule has 7 nitrogen and oxygen atoms in total. The van der Waals surface area contributed by atoms with Crippen molar-refractivity contribution in [3.8, 4) is 11.3 Å². The summed E-state index contributed by atoms with van der Waals surface area (Å²) in [5.41, 5.74) is 1.13. The van der Waals surface area contributed by atoms with E-state index in [4.69, 9.17) is 0 Å². The summed E-state index contributed by atoms with van der Waals surface area (Å²) in [5, 5.41) is 8.85. The molecule has 0 aliphatic rings. The van der Waals surface area contributed by atoms with Gasteiger partial charge in [0.1, 0.15) is 5.82 Å². The van der Waals surface area contributed by atoms with E-state index in [-0.39, 0.29) is 5.69 Å². The molecule has 2 aromatic heterocycles. The van der Waals surface area contributed by atoms with Gasteiger partial charge in [-0.3, -0.25) is 9.67 Å². The highest BCUT2D eigenvalue weighted by Crippen LogP contribution is 2.33. The van der Waals surface area contributed by atoms with E-state index in [9.17, 15) is 22.4 Å². The van der Waals surface area contributed by atoms with Crippen LogP contribution in [0.15, 0.2) is 55.0 Å². The number of aromatic nitrogens is 4. The molecule has 0 aliphatic heterocycles. The van der Waals surface area contributed by atoms with Crippen molar-refractivity contribution in [3.63, 3.8) is 0 Å². The summed E-state index contributed by atoms with van der Waals surface area (Å²) in [6, 6.07) is 6.21. The highest BCUT2D eigenvalue weighted by atomic mass is 19.4. The number of carbonyl (C=O) groups excluding carboxylic acids is 1. The van der Waals surface area contributed by atoms with Gasteiger partial charge in [-0.2, -0.15) is 18.3 Å². The Morgan fingerprint density at radius 3 is 2.39 bits per heavy atom. The number of amides is 2. The second-order valence-corrected chi connectivity index (χ2v) is 6.63. The molecule has 31 heavy (non-hydrogen) atoms. The van der Waals surface area contributed by atoms with Gasteiger partial charge in [-0.15, -0.1) is 0 Å². The number of aryl methyl sites for hydroxylation is 1. The number of rotatable bonds is 3. The number of benzene rings is 2. The average Bonchev–Trinajstić information content (AvgIpc) is 3.14. The summed E-state index contributed by atoms with van der Waals surface area (Å²) in [7, 11) is 1.78. The van der Waals surface area contributed by atoms with E-state index in [1.54, 1.807) is 48.5 Å². The van der Waals surface area contributed by atoms with Crippen molar-refractivity contribution < 1.29 is 22.4 Å². The van der Waals surface area contributed by atoms with Gasteiger partial charge >= 0.3 is 12.2 Å². The van der Waals surface area contributed by atoms with Crippen LogP contribution in [-0.2, 0) is 13.2 Å². The summed E-state index contributed by atoms with van der Waals surface area (Å²) in [6.07, 6.45) is 0.153. The molecule has 0 unspecified atom stereocenters. The van der Waals surface area contributed by atoms with Gasteiger partial charge in [0, 0.05) is 30.2 Å². The van der Waals surface area contributed by atoms with Crippen molar-refractivity contribution in [3.05, 3.63) is 66.4 Å². The molecule has 158 valence electrons. The molecule has 0 atom stereocenters. The number of hydrogen-bond acceptors (Lipinski definition) is 4. The molecule has 2 amide bonds. The van der Waals surface area contributed by atoms with Gasteiger partial charge in [-0.05, 0) is 36.4 Å². The summed E-state index contributed by atoms with van der Waals surface area (Å²) in [4.78, 5) is 21.0. The van der Waals surface area contributed by atoms with Crippen LogP contribution < -0.4 is 10.6 Å². The summed E-state index contributed by atoms with van der Waals surface area (Å²) in [5.74, 6) is -1.42. The SMILES string of the molecule is Cn1cc(-c2cnc3ccc(NC(=O)Nc4ccc(F)c(C(F)(F)F)c4)cc3n2)cn1. The third-order valence-corrected chi connectivity index (χ3v) is 4.33. The molecule has 0 radical (unpaired) electrons. The molecule has 11 heteroatoms. The number of hydrogen-bond donors (Lipinski definition) is 2. The monoisotopic (exact) mass is 430 g/mol. The summed E-state index contributed by atoms with van der Waals surface area (Å²) < 4.78 is 53.5. The Morgan fingerprint density at radius 2 is 1.71 bits per heavy atom. The third kappa shape index (κ3) is 4.44. The lowest BCUT2D eigenvalue weighted by molar-refractivity contribution is -0.139. The Hall–Kier alpha value is -4.02. The molecular formula is C20H14F4N6O. The van der Waals surface area contributed by atoms with E-state index in [2.05, 4.69) is 25.7 Å². The second-order valence-electron chi connectivity index (χ2n) is 6.63. The largest absolute Gasteiger partial charge is 0.419 e. The molecule has 2 aromatic carbocycles. The van der Waals surface area contributed by atoms with Crippen LogP contribution in [0.2, 0.25) is 0 Å². The van der Waals surface area contributed by atoms with E-state index in [1.807, 2.05) is 0 Å². The van der Waals surface area contributed by atoms with Crippen LogP contribution in [0.4, 0.5) is 33.7 Å². The number of alkyl halides is 3. The van der Waals surface area contributed by atoms with Crippen molar-refractivity contribution >= 4 is 28.4 Å². The molecule has 0 spiro atoms. The fourth-order valence-corrected chi connectivity index (χ4v) is 2.90. The van der Waals surface area contributed by atoms with E-state index >= 15 is 0 Å². The van der Waals surface area contributed by atoms with Gasteiger partial charge in [-0.25, -0.2) is 14.2 Å². The van der Waals surface area contributed by atoms with Gasteiger partial charge in [0.15, 0.2) is 0 Å². The lowest BCUT2D eigenvalue weighted by atomic mass is 10.2. The lowest BCUT2D eigenvalue weighted by Gasteiger charge is -2.12. The topological polar surface area (TPSA) is 84.7 Å². The van der Waals surface area contributed by atoms with Gasteiger partial charge < -0.3 is 10.6 Å². The lowest BCUT2D eigenvalue weighted by Crippen LogP contribution is -2.20. The molecule has 2 heterocycles. The highest BCUT2D eigenvalue weighted by molar-refractivity contribution is 6.00. The Morgan fingerprint density at radius 1 is 1.00 bits per heavy atom. The van der Waals surface area contributed by atoms with Crippen LogP contribution in [0.3, 0.4) is 0 Å². The number of carbonyl (C=O) groups is 1. The van der Waals surface area contributed by atoms with Crippen molar-refractivity contribution in [2.45, 2.75) is 6.18 Å². The third-order valence-electron chi connectivity index (χ3n) is 4.33. The zero-order chi connectivity index (χ0) is 22.2. The molecule has 4 rings (SSSR count). The normalized spacial score (nSPS) is 11.5. The van der Waals surface area contributed by atoms with Crippen LogP contribution in [-0.4, -0.2) is 25.8 Å². The first-order chi connectivity index (χ1) is 14.7. The van der Waals surface area contributed by atoms with Crippen LogP contribution in [0.5, 0.6) is 0 Å². The maximum atomic E-state index is 13.4. The molecule has 4 aromatic rings.